The SMILES string of the molecule is COc1ccc(-c2nn3c(-c4ccoc4C)nnc3s2)cc1OC. The van der Waals surface area contributed by atoms with E-state index in [-0.39, 0.29) is 0 Å². The van der Waals surface area contributed by atoms with Crippen molar-refractivity contribution in [1.29, 1.82) is 0 Å². The maximum Gasteiger partial charge on any atom is 0.235 e. The predicted octanol–water partition coefficient (Wildman–Crippen LogP) is 3.44. The van der Waals surface area contributed by atoms with E-state index >= 15 is 0 Å². The number of aryl methyl sites for hydroxylation is 1. The molecule has 0 spiro atoms. The maximum absolute atomic E-state index is 5.36. The van der Waals surface area contributed by atoms with Gasteiger partial charge in [-0.05, 0) is 31.2 Å². The third-order valence-electron chi connectivity index (χ3n) is 3.72. The number of hydrogen-bond acceptors (Lipinski definition) is 7. The number of hydrogen-bond donors (Lipinski definition) is 0. The Morgan fingerprint density at radius 1 is 1.08 bits per heavy atom. The number of nitrogens with zero attached hydrogens (tertiary/aromatic N) is 4. The van der Waals surface area contributed by atoms with Gasteiger partial charge >= 0.3 is 0 Å². The molecule has 0 saturated heterocycles. The Morgan fingerprint density at radius 3 is 2.62 bits per heavy atom. The zero-order chi connectivity index (χ0) is 16.7. The highest BCUT2D eigenvalue weighted by molar-refractivity contribution is 7.19. The van der Waals surface area contributed by atoms with E-state index in [1.54, 1.807) is 25.0 Å². The minimum atomic E-state index is 0.659. The molecule has 0 N–H and O–H groups in total. The van der Waals surface area contributed by atoms with Crippen LogP contribution in [0, 0.1) is 6.92 Å². The molecule has 0 aliphatic rings. The van der Waals surface area contributed by atoms with Gasteiger partial charge in [-0.25, -0.2) is 0 Å². The molecule has 3 aromatic heterocycles. The largest absolute Gasteiger partial charge is 0.493 e. The van der Waals surface area contributed by atoms with E-state index in [0.29, 0.717) is 17.3 Å². The van der Waals surface area contributed by atoms with Crippen molar-refractivity contribution in [2.75, 3.05) is 14.2 Å². The summed E-state index contributed by atoms with van der Waals surface area (Å²) in [7, 11) is 3.22. The average Bonchev–Trinajstić information content (AvgIpc) is 3.29. The highest BCUT2D eigenvalue weighted by Gasteiger charge is 2.18. The Bertz CT molecular complexity index is 1020. The van der Waals surface area contributed by atoms with Crippen LogP contribution in [0.1, 0.15) is 5.76 Å². The van der Waals surface area contributed by atoms with Crippen LogP contribution in [0.5, 0.6) is 11.5 Å². The molecule has 0 unspecified atom stereocenters. The summed E-state index contributed by atoms with van der Waals surface area (Å²) < 4.78 is 17.7. The Hall–Kier alpha value is -2.87. The number of aromatic nitrogens is 4. The number of rotatable bonds is 4. The van der Waals surface area contributed by atoms with Gasteiger partial charge in [0.25, 0.3) is 0 Å². The maximum atomic E-state index is 5.36. The van der Waals surface area contributed by atoms with E-state index < -0.39 is 0 Å². The van der Waals surface area contributed by atoms with Crippen LogP contribution < -0.4 is 9.47 Å². The molecule has 4 rings (SSSR count). The summed E-state index contributed by atoms with van der Waals surface area (Å²) in [5.74, 6) is 2.79. The summed E-state index contributed by atoms with van der Waals surface area (Å²) in [6.07, 6.45) is 1.63. The van der Waals surface area contributed by atoms with Crippen LogP contribution in [0.25, 0.3) is 26.9 Å². The van der Waals surface area contributed by atoms with Crippen LogP contribution in [0.4, 0.5) is 0 Å². The second-order valence-electron chi connectivity index (χ2n) is 5.09. The third-order valence-corrected chi connectivity index (χ3v) is 4.67. The molecule has 122 valence electrons. The molecule has 0 aliphatic heterocycles. The molecule has 0 radical (unpaired) electrons. The first-order valence-electron chi connectivity index (χ1n) is 7.20. The van der Waals surface area contributed by atoms with Gasteiger partial charge in [-0.3, -0.25) is 0 Å². The van der Waals surface area contributed by atoms with Crippen molar-refractivity contribution < 1.29 is 13.9 Å². The van der Waals surface area contributed by atoms with Gasteiger partial charge in [0.1, 0.15) is 10.8 Å². The minimum absolute atomic E-state index is 0.659. The van der Waals surface area contributed by atoms with Crippen LogP contribution >= 0.6 is 11.3 Å². The fraction of sp³-hybridized carbons (Fsp3) is 0.188. The molecular formula is C16H14N4O3S. The average molecular weight is 342 g/mol. The molecule has 0 bridgehead atoms. The van der Waals surface area contributed by atoms with Crippen molar-refractivity contribution in [2.45, 2.75) is 6.92 Å². The van der Waals surface area contributed by atoms with Crippen molar-refractivity contribution in [1.82, 2.24) is 19.8 Å². The van der Waals surface area contributed by atoms with E-state index in [2.05, 4.69) is 15.3 Å². The van der Waals surface area contributed by atoms with Crippen molar-refractivity contribution in [3.8, 4) is 33.5 Å². The molecule has 0 atom stereocenters. The molecule has 0 saturated carbocycles. The highest BCUT2D eigenvalue weighted by Crippen LogP contribution is 2.35. The molecular weight excluding hydrogens is 328 g/mol. The summed E-state index contributed by atoms with van der Waals surface area (Å²) in [6, 6.07) is 7.56. The summed E-state index contributed by atoms with van der Waals surface area (Å²) in [5.41, 5.74) is 1.81. The smallest absolute Gasteiger partial charge is 0.235 e. The van der Waals surface area contributed by atoms with E-state index in [9.17, 15) is 0 Å². The lowest BCUT2D eigenvalue weighted by Gasteiger charge is -2.07. The van der Waals surface area contributed by atoms with Crippen molar-refractivity contribution >= 4 is 16.3 Å². The van der Waals surface area contributed by atoms with Gasteiger partial charge in [0.15, 0.2) is 17.3 Å². The van der Waals surface area contributed by atoms with Crippen LogP contribution in [-0.2, 0) is 0 Å². The van der Waals surface area contributed by atoms with E-state index in [1.165, 1.54) is 11.3 Å². The number of benzene rings is 1. The molecule has 24 heavy (non-hydrogen) atoms. The Kier molecular flexibility index (Phi) is 3.46. The first-order valence-corrected chi connectivity index (χ1v) is 8.02. The van der Waals surface area contributed by atoms with Gasteiger partial charge < -0.3 is 13.9 Å². The Balaban J connectivity index is 1.82. The predicted molar refractivity (Wildman–Crippen MR) is 89.6 cm³/mol. The first-order chi connectivity index (χ1) is 11.7. The van der Waals surface area contributed by atoms with Crippen LogP contribution in [-0.4, -0.2) is 34.0 Å². The van der Waals surface area contributed by atoms with E-state index in [0.717, 1.165) is 26.9 Å². The minimum Gasteiger partial charge on any atom is -0.493 e. The van der Waals surface area contributed by atoms with Gasteiger partial charge in [0.2, 0.25) is 4.96 Å². The van der Waals surface area contributed by atoms with Crippen LogP contribution in [0.15, 0.2) is 34.9 Å². The second-order valence-corrected chi connectivity index (χ2v) is 6.04. The Labute approximate surface area is 141 Å². The van der Waals surface area contributed by atoms with Gasteiger partial charge in [-0.2, -0.15) is 9.61 Å². The zero-order valence-corrected chi connectivity index (χ0v) is 14.1. The van der Waals surface area contributed by atoms with Gasteiger partial charge in [-0.15, -0.1) is 10.2 Å². The fourth-order valence-corrected chi connectivity index (χ4v) is 3.32. The quantitative estimate of drug-likeness (QED) is 0.565. The van der Waals surface area contributed by atoms with E-state index in [4.69, 9.17) is 13.9 Å². The van der Waals surface area contributed by atoms with Gasteiger partial charge in [0.05, 0.1) is 26.0 Å². The summed E-state index contributed by atoms with van der Waals surface area (Å²) >= 11 is 1.46. The third kappa shape index (κ3) is 2.23. The summed E-state index contributed by atoms with van der Waals surface area (Å²) in [4.78, 5) is 0.718. The Morgan fingerprint density at radius 2 is 1.92 bits per heavy atom. The monoisotopic (exact) mass is 342 g/mol. The molecule has 3 heterocycles. The van der Waals surface area contributed by atoms with Crippen LogP contribution in [0.2, 0.25) is 0 Å². The molecule has 0 fully saturated rings. The summed E-state index contributed by atoms with van der Waals surface area (Å²) in [6.45, 7) is 1.89. The number of ether oxygens (including phenoxy) is 2. The molecule has 7 nitrogen and oxygen atoms in total. The first kappa shape index (κ1) is 14.7. The molecule has 4 aromatic rings. The normalized spacial score (nSPS) is 11.1. The zero-order valence-electron chi connectivity index (χ0n) is 13.3. The number of methoxy groups -OCH3 is 2. The fourth-order valence-electron chi connectivity index (χ4n) is 2.49. The number of fused-ring (bicyclic) bond motifs is 1. The lowest BCUT2D eigenvalue weighted by molar-refractivity contribution is 0.355. The number of furan rings is 1. The second kappa shape index (κ2) is 5.64. The molecule has 8 heteroatoms. The lowest BCUT2D eigenvalue weighted by Crippen LogP contribution is -1.92. The standard InChI is InChI=1S/C16H14N4O3S/c1-9-11(6-7-23-9)14-17-18-16-20(14)19-15(24-16)10-4-5-12(21-2)13(8-10)22-3/h4-8H,1-3H3. The van der Waals surface area contributed by atoms with Crippen LogP contribution in [0.3, 0.4) is 0 Å². The van der Waals surface area contributed by atoms with Crippen molar-refractivity contribution in [3.05, 3.63) is 36.3 Å². The van der Waals surface area contributed by atoms with E-state index in [1.807, 2.05) is 31.2 Å². The molecule has 1 aromatic carbocycles. The highest BCUT2D eigenvalue weighted by atomic mass is 32.1. The lowest BCUT2D eigenvalue weighted by atomic mass is 10.2. The molecule has 0 aliphatic carbocycles. The van der Waals surface area contributed by atoms with Gasteiger partial charge in [0, 0.05) is 5.56 Å². The van der Waals surface area contributed by atoms with Crippen molar-refractivity contribution in [2.24, 2.45) is 0 Å². The van der Waals surface area contributed by atoms with Crippen molar-refractivity contribution in [3.63, 3.8) is 0 Å². The van der Waals surface area contributed by atoms with Gasteiger partial charge in [-0.1, -0.05) is 11.3 Å². The summed E-state index contributed by atoms with van der Waals surface area (Å²) in [5, 5.41) is 13.9. The molecule has 0 amide bonds. The topological polar surface area (TPSA) is 74.7 Å².